The van der Waals surface area contributed by atoms with Gasteiger partial charge in [-0.05, 0) is 24.5 Å². The third-order valence-electron chi connectivity index (χ3n) is 5.77. The Hall–Kier alpha value is -1.57. The first-order chi connectivity index (χ1) is 9.34. The van der Waals surface area contributed by atoms with Crippen LogP contribution in [0.1, 0.15) is 50.9 Å². The van der Waals surface area contributed by atoms with E-state index in [1.807, 2.05) is 0 Å². The second kappa shape index (κ2) is 3.97. The highest BCUT2D eigenvalue weighted by atomic mass is 15.4. The summed E-state index contributed by atoms with van der Waals surface area (Å²) >= 11 is 0. The number of hydrogen-bond donors (Lipinski definition) is 0. The molecule has 0 amide bonds. The van der Waals surface area contributed by atoms with E-state index in [1.165, 1.54) is 22.5 Å². The number of para-hydroxylation sites is 1. The minimum Gasteiger partial charge on any atom is -0.124 e. The van der Waals surface area contributed by atoms with Crippen LogP contribution in [0.5, 0.6) is 0 Å². The molecule has 2 aromatic rings. The Labute approximate surface area is 122 Å². The average Bonchev–Trinajstić information content (AvgIpc) is 2.79. The first kappa shape index (κ1) is 13.4. The van der Waals surface area contributed by atoms with Crippen LogP contribution in [-0.4, -0.2) is 4.68 Å². The number of rotatable bonds is 1. The van der Waals surface area contributed by atoms with Crippen LogP contribution in [0.3, 0.4) is 0 Å². The Morgan fingerprint density at radius 3 is 2.50 bits per heavy atom. The van der Waals surface area contributed by atoms with Gasteiger partial charge >= 0.3 is 0 Å². The maximum atomic E-state index is 2.41. The normalized spacial score (nSPS) is 23.3. The van der Waals surface area contributed by atoms with Crippen molar-refractivity contribution in [1.29, 1.82) is 0 Å². The van der Waals surface area contributed by atoms with Crippen LogP contribution in [0.4, 0.5) is 0 Å². The second-order valence-electron chi connectivity index (χ2n) is 6.87. The van der Waals surface area contributed by atoms with Crippen molar-refractivity contribution in [3.8, 4) is 5.69 Å². The molecule has 20 heavy (non-hydrogen) atoms. The lowest BCUT2D eigenvalue weighted by molar-refractivity contribution is -0.745. The predicted molar refractivity (Wildman–Crippen MR) is 82.4 cm³/mol. The van der Waals surface area contributed by atoms with Gasteiger partial charge in [0.25, 0.3) is 0 Å². The molecule has 1 aromatic heterocycles. The maximum absolute atomic E-state index is 2.41. The van der Waals surface area contributed by atoms with E-state index in [0.717, 1.165) is 6.42 Å². The first-order valence-corrected chi connectivity index (χ1v) is 7.53. The SMILES string of the molecule is CCC1(C)c2cc[n+](C)n2-c2c(C)cccc2C1(C)C. The van der Waals surface area contributed by atoms with Crippen LogP contribution >= 0.6 is 0 Å². The summed E-state index contributed by atoms with van der Waals surface area (Å²) in [5.74, 6) is 0. The molecular formula is C18H25N2+. The minimum atomic E-state index is 0.129. The number of nitrogens with zero attached hydrogens (tertiary/aromatic N) is 2. The standard InChI is InChI=1S/C18H25N2/c1-7-18(5)15-11-12-19(6)20(15)16-13(2)9-8-10-14(16)17(18,3)4/h8-12H,7H2,1-6H3/q+1. The van der Waals surface area contributed by atoms with Crippen molar-refractivity contribution in [2.45, 2.75) is 51.9 Å². The van der Waals surface area contributed by atoms with Crippen molar-refractivity contribution in [2.75, 3.05) is 0 Å². The highest BCUT2D eigenvalue weighted by Gasteiger charge is 2.51. The molecule has 0 bridgehead atoms. The van der Waals surface area contributed by atoms with E-state index in [4.69, 9.17) is 0 Å². The van der Waals surface area contributed by atoms with Gasteiger partial charge < -0.3 is 0 Å². The number of aromatic nitrogens is 2. The molecule has 3 rings (SSSR count). The van der Waals surface area contributed by atoms with E-state index in [-0.39, 0.29) is 10.8 Å². The molecule has 2 heterocycles. The second-order valence-corrected chi connectivity index (χ2v) is 6.87. The maximum Gasteiger partial charge on any atom is 0.196 e. The van der Waals surface area contributed by atoms with Crippen molar-refractivity contribution in [2.24, 2.45) is 7.05 Å². The minimum absolute atomic E-state index is 0.129. The Morgan fingerprint density at radius 1 is 1.15 bits per heavy atom. The van der Waals surface area contributed by atoms with Gasteiger partial charge in [-0.15, -0.1) is 9.36 Å². The van der Waals surface area contributed by atoms with Crippen LogP contribution in [-0.2, 0) is 17.9 Å². The molecule has 0 saturated heterocycles. The molecule has 0 fully saturated rings. The van der Waals surface area contributed by atoms with E-state index >= 15 is 0 Å². The fraction of sp³-hybridized carbons (Fsp3) is 0.500. The molecule has 0 radical (unpaired) electrons. The number of hydrogen-bond acceptors (Lipinski definition) is 0. The monoisotopic (exact) mass is 269 g/mol. The highest BCUT2D eigenvalue weighted by molar-refractivity contribution is 5.56. The van der Waals surface area contributed by atoms with Crippen LogP contribution in [0.2, 0.25) is 0 Å². The Morgan fingerprint density at radius 2 is 1.85 bits per heavy atom. The number of fused-ring (bicyclic) bond motifs is 3. The summed E-state index contributed by atoms with van der Waals surface area (Å²) in [6, 6.07) is 9.01. The van der Waals surface area contributed by atoms with Crippen molar-refractivity contribution >= 4 is 0 Å². The summed E-state index contributed by atoms with van der Waals surface area (Å²) in [5, 5.41) is 0. The predicted octanol–water partition coefficient (Wildman–Crippen LogP) is 3.57. The fourth-order valence-electron chi connectivity index (χ4n) is 3.87. The molecule has 1 unspecified atom stereocenters. The zero-order valence-corrected chi connectivity index (χ0v) is 13.5. The third-order valence-corrected chi connectivity index (χ3v) is 5.77. The van der Waals surface area contributed by atoms with Gasteiger partial charge in [0, 0.05) is 16.9 Å². The van der Waals surface area contributed by atoms with Crippen LogP contribution in [0.25, 0.3) is 5.69 Å². The molecule has 0 N–H and O–H groups in total. The zero-order valence-electron chi connectivity index (χ0n) is 13.5. The Kier molecular flexibility index (Phi) is 2.66. The summed E-state index contributed by atoms with van der Waals surface area (Å²) < 4.78 is 4.61. The Bertz CT molecular complexity index is 679. The molecule has 1 aliphatic heterocycles. The Balaban J connectivity index is 2.48. The van der Waals surface area contributed by atoms with Gasteiger partial charge in [-0.2, -0.15) is 0 Å². The van der Waals surface area contributed by atoms with Crippen LogP contribution in [0.15, 0.2) is 30.5 Å². The largest absolute Gasteiger partial charge is 0.196 e. The third kappa shape index (κ3) is 1.37. The highest BCUT2D eigenvalue weighted by Crippen LogP contribution is 2.51. The molecule has 106 valence electrons. The molecular weight excluding hydrogens is 244 g/mol. The van der Waals surface area contributed by atoms with Gasteiger partial charge in [-0.1, -0.05) is 45.9 Å². The van der Waals surface area contributed by atoms with Gasteiger partial charge in [0.2, 0.25) is 0 Å². The summed E-state index contributed by atoms with van der Waals surface area (Å²) in [7, 11) is 2.13. The molecule has 2 heteroatoms. The van der Waals surface area contributed by atoms with Gasteiger partial charge in [0.05, 0.1) is 5.69 Å². The molecule has 0 aliphatic carbocycles. The quantitative estimate of drug-likeness (QED) is 0.700. The lowest BCUT2D eigenvalue weighted by Crippen LogP contribution is -2.52. The van der Waals surface area contributed by atoms with Crippen molar-refractivity contribution < 1.29 is 4.68 Å². The van der Waals surface area contributed by atoms with Crippen molar-refractivity contribution in [3.63, 3.8) is 0 Å². The van der Waals surface area contributed by atoms with Crippen LogP contribution in [0, 0.1) is 6.92 Å². The van der Waals surface area contributed by atoms with Gasteiger partial charge in [0.15, 0.2) is 13.2 Å². The molecule has 0 spiro atoms. The van der Waals surface area contributed by atoms with Crippen molar-refractivity contribution in [3.05, 3.63) is 47.3 Å². The van der Waals surface area contributed by atoms with Gasteiger partial charge in [-0.25, -0.2) is 0 Å². The number of aryl methyl sites for hydroxylation is 2. The smallest absolute Gasteiger partial charge is 0.124 e. The molecule has 2 nitrogen and oxygen atoms in total. The average molecular weight is 269 g/mol. The lowest BCUT2D eigenvalue weighted by atomic mass is 9.58. The summed E-state index contributed by atoms with van der Waals surface area (Å²) in [6.45, 7) is 11.7. The number of benzene rings is 1. The van der Waals surface area contributed by atoms with E-state index < -0.39 is 0 Å². The summed E-state index contributed by atoms with van der Waals surface area (Å²) in [5.41, 5.74) is 5.88. The summed E-state index contributed by atoms with van der Waals surface area (Å²) in [6.07, 6.45) is 3.32. The topological polar surface area (TPSA) is 8.81 Å². The first-order valence-electron chi connectivity index (χ1n) is 7.53. The van der Waals surface area contributed by atoms with E-state index in [0.29, 0.717) is 0 Å². The lowest BCUT2D eigenvalue weighted by Gasteiger charge is -2.47. The fourth-order valence-corrected chi connectivity index (χ4v) is 3.87. The van der Waals surface area contributed by atoms with Gasteiger partial charge in [0.1, 0.15) is 5.69 Å². The van der Waals surface area contributed by atoms with E-state index in [2.05, 4.69) is 81.5 Å². The zero-order chi connectivity index (χ0) is 14.7. The van der Waals surface area contributed by atoms with Gasteiger partial charge in [-0.3, -0.25) is 0 Å². The van der Waals surface area contributed by atoms with E-state index in [9.17, 15) is 0 Å². The van der Waals surface area contributed by atoms with Crippen LogP contribution < -0.4 is 4.68 Å². The molecule has 0 saturated carbocycles. The van der Waals surface area contributed by atoms with E-state index in [1.54, 1.807) is 0 Å². The summed E-state index contributed by atoms with van der Waals surface area (Å²) in [4.78, 5) is 0. The van der Waals surface area contributed by atoms with Crippen molar-refractivity contribution in [1.82, 2.24) is 4.68 Å². The molecule has 1 atom stereocenters. The molecule has 1 aliphatic rings. The molecule has 1 aromatic carbocycles.